The van der Waals surface area contributed by atoms with Gasteiger partial charge in [-0.3, -0.25) is 9.59 Å². The Balaban J connectivity index is 3.02. The Hall–Kier alpha value is -2.15. The standard InChI is InChI=1S/C11H15N3O4/c1-6(15)12-10-4-9(18-8(3)17)5-11(14-10)13-7(2)16/h4-5,8,17H,1-3H3,(H2,12,13,14,15,16). The van der Waals surface area contributed by atoms with E-state index in [-0.39, 0.29) is 29.2 Å². The number of hydrogen-bond acceptors (Lipinski definition) is 5. The van der Waals surface area contributed by atoms with Gasteiger partial charge in [-0.2, -0.15) is 0 Å². The van der Waals surface area contributed by atoms with Crippen molar-refractivity contribution in [3.8, 4) is 5.75 Å². The number of carbonyl (C=O) groups excluding carboxylic acids is 2. The minimum Gasteiger partial charge on any atom is -0.465 e. The Kier molecular flexibility index (Phi) is 4.61. The molecule has 0 saturated heterocycles. The van der Waals surface area contributed by atoms with Gasteiger partial charge in [0.15, 0.2) is 6.29 Å². The highest BCUT2D eigenvalue weighted by Crippen LogP contribution is 2.21. The van der Waals surface area contributed by atoms with Crippen molar-refractivity contribution in [2.75, 3.05) is 10.6 Å². The second kappa shape index (κ2) is 5.97. The predicted molar refractivity (Wildman–Crippen MR) is 65.2 cm³/mol. The van der Waals surface area contributed by atoms with Crippen molar-refractivity contribution in [3.63, 3.8) is 0 Å². The number of amides is 2. The maximum absolute atomic E-state index is 11.0. The molecule has 18 heavy (non-hydrogen) atoms. The van der Waals surface area contributed by atoms with Crippen molar-refractivity contribution in [2.45, 2.75) is 27.1 Å². The lowest BCUT2D eigenvalue weighted by Crippen LogP contribution is -2.14. The Labute approximate surface area is 104 Å². The lowest BCUT2D eigenvalue weighted by atomic mass is 10.4. The van der Waals surface area contributed by atoms with Gasteiger partial charge in [-0.15, -0.1) is 0 Å². The molecule has 1 aromatic heterocycles. The van der Waals surface area contributed by atoms with Crippen LogP contribution in [0.2, 0.25) is 0 Å². The fourth-order valence-corrected chi connectivity index (χ4v) is 1.26. The van der Waals surface area contributed by atoms with E-state index >= 15 is 0 Å². The molecule has 1 atom stereocenters. The van der Waals surface area contributed by atoms with Crippen LogP contribution in [0.5, 0.6) is 5.75 Å². The van der Waals surface area contributed by atoms with Gasteiger partial charge in [0.05, 0.1) is 0 Å². The van der Waals surface area contributed by atoms with E-state index in [1.54, 1.807) is 0 Å². The van der Waals surface area contributed by atoms with Gasteiger partial charge in [0, 0.05) is 26.0 Å². The Bertz CT molecular complexity index is 425. The first-order valence-electron chi connectivity index (χ1n) is 5.29. The number of nitrogens with zero attached hydrogens (tertiary/aromatic N) is 1. The number of ether oxygens (including phenoxy) is 1. The number of carbonyl (C=O) groups is 2. The fourth-order valence-electron chi connectivity index (χ4n) is 1.26. The number of aliphatic hydroxyl groups excluding tert-OH is 1. The molecule has 0 spiro atoms. The topological polar surface area (TPSA) is 101 Å². The summed E-state index contributed by atoms with van der Waals surface area (Å²) in [5.74, 6) is 0.136. The van der Waals surface area contributed by atoms with Crippen LogP contribution >= 0.6 is 0 Å². The number of hydrogen-bond donors (Lipinski definition) is 3. The van der Waals surface area contributed by atoms with Crippen LogP contribution in [0.3, 0.4) is 0 Å². The van der Waals surface area contributed by atoms with Crippen LogP contribution in [0.1, 0.15) is 20.8 Å². The maximum Gasteiger partial charge on any atom is 0.222 e. The summed E-state index contributed by atoms with van der Waals surface area (Å²) in [4.78, 5) is 25.9. The number of rotatable bonds is 4. The average Bonchev–Trinajstić information content (AvgIpc) is 2.12. The first-order chi connectivity index (χ1) is 8.36. The maximum atomic E-state index is 11.0. The molecule has 0 saturated carbocycles. The molecular formula is C11H15N3O4. The summed E-state index contributed by atoms with van der Waals surface area (Å²) in [5, 5.41) is 14.1. The normalized spacial score (nSPS) is 11.6. The molecule has 0 fully saturated rings. The second-order valence-corrected chi connectivity index (χ2v) is 3.65. The van der Waals surface area contributed by atoms with Crippen molar-refractivity contribution < 1.29 is 19.4 Å². The number of aliphatic hydroxyl groups is 1. The summed E-state index contributed by atoms with van der Waals surface area (Å²) in [5.41, 5.74) is 0. The lowest BCUT2D eigenvalue weighted by molar-refractivity contribution is -0.115. The molecular weight excluding hydrogens is 238 g/mol. The van der Waals surface area contributed by atoms with Gasteiger partial charge in [-0.25, -0.2) is 4.98 Å². The number of pyridine rings is 1. The van der Waals surface area contributed by atoms with Crippen LogP contribution in [-0.2, 0) is 9.59 Å². The number of nitrogens with one attached hydrogen (secondary N) is 2. The van der Waals surface area contributed by atoms with E-state index in [9.17, 15) is 9.59 Å². The molecule has 1 heterocycles. The van der Waals surface area contributed by atoms with E-state index in [0.717, 1.165) is 0 Å². The molecule has 2 amide bonds. The Morgan fingerprint density at radius 1 is 1.22 bits per heavy atom. The van der Waals surface area contributed by atoms with Gasteiger partial charge in [-0.05, 0) is 6.92 Å². The molecule has 7 nitrogen and oxygen atoms in total. The Morgan fingerprint density at radius 3 is 2.00 bits per heavy atom. The fraction of sp³-hybridized carbons (Fsp3) is 0.364. The monoisotopic (exact) mass is 253 g/mol. The summed E-state index contributed by atoms with van der Waals surface area (Å²) in [6, 6.07) is 2.89. The zero-order valence-electron chi connectivity index (χ0n) is 10.4. The van der Waals surface area contributed by atoms with Gasteiger partial charge in [0.25, 0.3) is 0 Å². The van der Waals surface area contributed by atoms with Crippen LogP contribution < -0.4 is 15.4 Å². The molecule has 3 N–H and O–H groups in total. The molecule has 98 valence electrons. The van der Waals surface area contributed by atoms with E-state index in [1.165, 1.54) is 32.9 Å². The van der Waals surface area contributed by atoms with E-state index in [2.05, 4.69) is 15.6 Å². The van der Waals surface area contributed by atoms with Gasteiger partial charge < -0.3 is 20.5 Å². The lowest BCUT2D eigenvalue weighted by Gasteiger charge is -2.12. The second-order valence-electron chi connectivity index (χ2n) is 3.65. The van der Waals surface area contributed by atoms with Crippen LogP contribution in [-0.4, -0.2) is 28.2 Å². The highest BCUT2D eigenvalue weighted by Gasteiger charge is 2.08. The molecule has 0 radical (unpaired) electrons. The van der Waals surface area contributed by atoms with Crippen LogP contribution in [0, 0.1) is 0 Å². The molecule has 0 aliphatic rings. The van der Waals surface area contributed by atoms with E-state index in [1.807, 2.05) is 0 Å². The SMILES string of the molecule is CC(=O)Nc1cc(OC(C)O)cc(NC(C)=O)n1. The molecule has 1 rings (SSSR count). The smallest absolute Gasteiger partial charge is 0.222 e. The first kappa shape index (κ1) is 13.9. The minimum atomic E-state index is -1.01. The van der Waals surface area contributed by atoms with Gasteiger partial charge in [-0.1, -0.05) is 0 Å². The van der Waals surface area contributed by atoms with E-state index in [4.69, 9.17) is 9.84 Å². The summed E-state index contributed by atoms with van der Waals surface area (Å²) in [6.45, 7) is 4.11. The zero-order chi connectivity index (χ0) is 13.7. The highest BCUT2D eigenvalue weighted by molar-refractivity contribution is 5.90. The third-order valence-corrected chi connectivity index (χ3v) is 1.71. The third kappa shape index (κ3) is 4.79. The first-order valence-corrected chi connectivity index (χ1v) is 5.29. The zero-order valence-corrected chi connectivity index (χ0v) is 10.4. The molecule has 0 aliphatic heterocycles. The van der Waals surface area contributed by atoms with Crippen LogP contribution in [0.25, 0.3) is 0 Å². The molecule has 1 unspecified atom stereocenters. The van der Waals surface area contributed by atoms with Crippen molar-refractivity contribution in [1.82, 2.24) is 4.98 Å². The van der Waals surface area contributed by atoms with E-state index in [0.29, 0.717) is 0 Å². The van der Waals surface area contributed by atoms with Crippen molar-refractivity contribution >= 4 is 23.5 Å². The third-order valence-electron chi connectivity index (χ3n) is 1.71. The molecule has 1 aromatic rings. The van der Waals surface area contributed by atoms with Crippen LogP contribution in [0.15, 0.2) is 12.1 Å². The molecule has 0 aromatic carbocycles. The quantitative estimate of drug-likeness (QED) is 0.686. The summed E-state index contributed by atoms with van der Waals surface area (Å²) in [6.07, 6.45) is -1.01. The number of anilines is 2. The van der Waals surface area contributed by atoms with Gasteiger partial charge in [0.1, 0.15) is 17.4 Å². The van der Waals surface area contributed by atoms with Crippen molar-refractivity contribution in [3.05, 3.63) is 12.1 Å². The molecule has 0 bridgehead atoms. The molecule has 0 aliphatic carbocycles. The Morgan fingerprint density at radius 2 is 1.67 bits per heavy atom. The summed E-state index contributed by atoms with van der Waals surface area (Å²) >= 11 is 0. The van der Waals surface area contributed by atoms with Crippen molar-refractivity contribution in [2.24, 2.45) is 0 Å². The van der Waals surface area contributed by atoms with Gasteiger partial charge >= 0.3 is 0 Å². The van der Waals surface area contributed by atoms with E-state index < -0.39 is 6.29 Å². The number of aromatic nitrogens is 1. The predicted octanol–water partition coefficient (Wildman–Crippen LogP) is 0.715. The summed E-state index contributed by atoms with van der Waals surface area (Å²) < 4.78 is 5.07. The minimum absolute atomic E-state index is 0.226. The highest BCUT2D eigenvalue weighted by atomic mass is 16.6. The summed E-state index contributed by atoms with van der Waals surface area (Å²) in [7, 11) is 0. The average molecular weight is 253 g/mol. The van der Waals surface area contributed by atoms with Gasteiger partial charge in [0.2, 0.25) is 11.8 Å². The largest absolute Gasteiger partial charge is 0.465 e. The molecule has 7 heteroatoms. The van der Waals surface area contributed by atoms with Crippen LogP contribution in [0.4, 0.5) is 11.6 Å². The van der Waals surface area contributed by atoms with Crippen molar-refractivity contribution in [1.29, 1.82) is 0 Å².